The highest BCUT2D eigenvalue weighted by Crippen LogP contribution is 2.48. The second-order valence-corrected chi connectivity index (χ2v) is 6.14. The van der Waals surface area contributed by atoms with Crippen molar-refractivity contribution >= 4 is 17.4 Å². The maximum Gasteiger partial charge on any atom is 0.227 e. The van der Waals surface area contributed by atoms with E-state index in [2.05, 4.69) is 0 Å². The van der Waals surface area contributed by atoms with Gasteiger partial charge in [0.2, 0.25) is 5.91 Å². The van der Waals surface area contributed by atoms with Crippen LogP contribution in [0.5, 0.6) is 0 Å². The lowest BCUT2D eigenvalue weighted by atomic mass is 9.79. The number of benzene rings is 2. The van der Waals surface area contributed by atoms with Crippen molar-refractivity contribution in [2.24, 2.45) is 0 Å². The molecule has 2 aromatic rings. The summed E-state index contributed by atoms with van der Waals surface area (Å²) in [5.41, 5.74) is 1.25. The molecule has 0 bridgehead atoms. The lowest BCUT2D eigenvalue weighted by Crippen LogP contribution is -2.48. The molecule has 114 valence electrons. The number of carbonyl (C=O) groups excluding carboxylic acids is 2. The van der Waals surface area contributed by atoms with Crippen LogP contribution in [0.1, 0.15) is 24.3 Å². The summed E-state index contributed by atoms with van der Waals surface area (Å²) in [7, 11) is 0. The van der Waals surface area contributed by atoms with Gasteiger partial charge in [0.25, 0.3) is 0 Å². The topological polar surface area (TPSA) is 37.4 Å². The van der Waals surface area contributed by atoms with Crippen LogP contribution in [0.4, 0.5) is 5.69 Å². The Hall–Kier alpha value is -2.68. The molecule has 1 amide bonds. The largest absolute Gasteiger partial charge is 0.302 e. The van der Waals surface area contributed by atoms with Crippen molar-refractivity contribution in [1.29, 1.82) is 0 Å². The normalized spacial score (nSPS) is 26.4. The Bertz CT molecular complexity index is 782. The molecule has 1 spiro atoms. The van der Waals surface area contributed by atoms with Crippen LogP contribution in [0.15, 0.2) is 72.8 Å². The van der Waals surface area contributed by atoms with Crippen LogP contribution in [-0.4, -0.2) is 17.2 Å². The first-order chi connectivity index (χ1) is 11.2. The van der Waals surface area contributed by atoms with Crippen molar-refractivity contribution in [2.45, 2.75) is 24.3 Å². The van der Waals surface area contributed by atoms with Crippen LogP contribution >= 0.6 is 0 Å². The summed E-state index contributed by atoms with van der Waals surface area (Å²) in [5, 5.41) is 0. The van der Waals surface area contributed by atoms with Crippen LogP contribution < -0.4 is 4.90 Å². The zero-order valence-electron chi connectivity index (χ0n) is 12.7. The molecule has 4 rings (SSSR count). The highest BCUT2D eigenvalue weighted by atomic mass is 16.2. The maximum absolute atomic E-state index is 12.6. The molecule has 23 heavy (non-hydrogen) atoms. The molecule has 0 saturated carbocycles. The number of rotatable bonds is 2. The predicted octanol–water partition coefficient (Wildman–Crippen LogP) is 3.47. The maximum atomic E-state index is 12.6. The molecule has 0 unspecified atom stereocenters. The van der Waals surface area contributed by atoms with Crippen molar-refractivity contribution < 1.29 is 9.59 Å². The van der Waals surface area contributed by atoms with E-state index in [9.17, 15) is 9.59 Å². The number of nitrogens with zero attached hydrogens (tertiary/aromatic N) is 1. The number of allylic oxidation sites excluding steroid dienone is 1. The molecule has 3 heteroatoms. The summed E-state index contributed by atoms with van der Waals surface area (Å²) in [5.74, 6) is -0.168. The van der Waals surface area contributed by atoms with Gasteiger partial charge in [0.1, 0.15) is 0 Å². The summed E-state index contributed by atoms with van der Waals surface area (Å²) in [6, 6.07) is 19.4. The van der Waals surface area contributed by atoms with Crippen molar-refractivity contribution in [1.82, 2.24) is 0 Å². The fourth-order valence-corrected chi connectivity index (χ4v) is 3.92. The molecule has 1 fully saturated rings. The van der Waals surface area contributed by atoms with Crippen LogP contribution in [0.2, 0.25) is 0 Å². The van der Waals surface area contributed by atoms with E-state index in [0.717, 1.165) is 11.3 Å². The van der Waals surface area contributed by atoms with Gasteiger partial charge in [-0.3, -0.25) is 9.59 Å². The molecule has 1 aliphatic carbocycles. The van der Waals surface area contributed by atoms with Crippen molar-refractivity contribution in [3.63, 3.8) is 0 Å². The monoisotopic (exact) mass is 303 g/mol. The van der Waals surface area contributed by atoms with Crippen LogP contribution in [0.25, 0.3) is 0 Å². The Labute approximate surface area is 135 Å². The minimum atomic E-state index is -0.573. The summed E-state index contributed by atoms with van der Waals surface area (Å²) in [6.45, 7) is 0. The van der Waals surface area contributed by atoms with Crippen molar-refractivity contribution in [3.05, 3.63) is 78.4 Å². The van der Waals surface area contributed by atoms with E-state index in [1.165, 1.54) is 0 Å². The SMILES string of the molecule is O=C1C=C[C@@]2(CCC(=O)N2c2ccccc2)[C@H]1c1ccccc1. The van der Waals surface area contributed by atoms with Gasteiger partial charge in [-0.15, -0.1) is 0 Å². The summed E-state index contributed by atoms with van der Waals surface area (Å²) >= 11 is 0. The summed E-state index contributed by atoms with van der Waals surface area (Å²) in [4.78, 5) is 27.0. The number of anilines is 1. The third-order valence-corrected chi connectivity index (χ3v) is 4.87. The quantitative estimate of drug-likeness (QED) is 0.852. The van der Waals surface area contributed by atoms with Crippen molar-refractivity contribution in [2.75, 3.05) is 4.90 Å². The molecule has 0 aromatic heterocycles. The molecule has 0 radical (unpaired) electrons. The molecule has 2 aliphatic rings. The fourth-order valence-electron chi connectivity index (χ4n) is 3.92. The molecule has 0 N–H and O–H groups in total. The first kappa shape index (κ1) is 13.9. The van der Waals surface area contributed by atoms with Gasteiger partial charge in [0, 0.05) is 12.1 Å². The van der Waals surface area contributed by atoms with Gasteiger partial charge >= 0.3 is 0 Å². The van der Waals surface area contributed by atoms with Crippen molar-refractivity contribution in [3.8, 4) is 0 Å². The molecule has 1 aliphatic heterocycles. The zero-order chi connectivity index (χ0) is 15.9. The van der Waals surface area contributed by atoms with Gasteiger partial charge in [0.15, 0.2) is 5.78 Å². The first-order valence-corrected chi connectivity index (χ1v) is 7.88. The molecular formula is C20H17NO2. The van der Waals surface area contributed by atoms with E-state index >= 15 is 0 Å². The molecule has 1 heterocycles. The second-order valence-electron chi connectivity index (χ2n) is 6.14. The van der Waals surface area contributed by atoms with Crippen LogP contribution in [0.3, 0.4) is 0 Å². The van der Waals surface area contributed by atoms with E-state index in [-0.39, 0.29) is 17.6 Å². The number of ketones is 1. The standard InChI is InChI=1S/C20H17NO2/c22-17-11-13-20(19(17)15-7-3-1-4-8-15)14-12-18(23)21(20)16-9-5-2-6-10-16/h1-11,13,19H,12,14H2/t19-,20+/m0/s1. The molecule has 1 saturated heterocycles. The van der Waals surface area contributed by atoms with Gasteiger partial charge in [-0.25, -0.2) is 0 Å². The number of hydrogen-bond acceptors (Lipinski definition) is 2. The highest BCUT2D eigenvalue weighted by molar-refractivity contribution is 6.07. The smallest absolute Gasteiger partial charge is 0.227 e. The number of carbonyl (C=O) groups is 2. The predicted molar refractivity (Wildman–Crippen MR) is 89.2 cm³/mol. The number of amides is 1. The Kier molecular flexibility index (Phi) is 3.15. The third kappa shape index (κ3) is 2.04. The first-order valence-electron chi connectivity index (χ1n) is 7.88. The number of hydrogen-bond donors (Lipinski definition) is 0. The Morgan fingerprint density at radius 3 is 2.26 bits per heavy atom. The second kappa shape index (κ2) is 5.20. The summed E-state index contributed by atoms with van der Waals surface area (Å²) < 4.78 is 0. The zero-order valence-corrected chi connectivity index (χ0v) is 12.7. The average molecular weight is 303 g/mol. The molecular weight excluding hydrogens is 286 g/mol. The molecule has 2 atom stereocenters. The third-order valence-electron chi connectivity index (χ3n) is 4.87. The fraction of sp³-hybridized carbons (Fsp3) is 0.200. The molecule has 3 nitrogen and oxygen atoms in total. The minimum Gasteiger partial charge on any atom is -0.302 e. The Balaban J connectivity index is 1.86. The van der Waals surface area contributed by atoms with E-state index in [4.69, 9.17) is 0 Å². The highest BCUT2D eigenvalue weighted by Gasteiger charge is 2.54. The van der Waals surface area contributed by atoms with Gasteiger partial charge in [-0.2, -0.15) is 0 Å². The van der Waals surface area contributed by atoms with E-state index in [1.807, 2.05) is 71.6 Å². The van der Waals surface area contributed by atoms with E-state index in [0.29, 0.717) is 12.8 Å². The van der Waals surface area contributed by atoms with E-state index in [1.54, 1.807) is 6.08 Å². The number of para-hydroxylation sites is 1. The van der Waals surface area contributed by atoms with Gasteiger partial charge in [0.05, 0.1) is 11.5 Å². The van der Waals surface area contributed by atoms with Gasteiger partial charge in [-0.1, -0.05) is 54.6 Å². The Morgan fingerprint density at radius 2 is 1.57 bits per heavy atom. The Morgan fingerprint density at radius 1 is 0.913 bits per heavy atom. The van der Waals surface area contributed by atoms with Crippen LogP contribution in [-0.2, 0) is 9.59 Å². The minimum absolute atomic E-state index is 0.0758. The lowest BCUT2D eigenvalue weighted by molar-refractivity contribution is -0.117. The van der Waals surface area contributed by atoms with Gasteiger partial charge in [-0.05, 0) is 30.2 Å². The lowest BCUT2D eigenvalue weighted by Gasteiger charge is -2.38. The van der Waals surface area contributed by atoms with Crippen LogP contribution in [0, 0.1) is 0 Å². The average Bonchev–Trinajstić information content (AvgIpc) is 3.09. The summed E-state index contributed by atoms with van der Waals surface area (Å²) in [6.07, 6.45) is 4.72. The van der Waals surface area contributed by atoms with E-state index < -0.39 is 5.54 Å². The van der Waals surface area contributed by atoms with Gasteiger partial charge < -0.3 is 4.90 Å². The molecule has 2 aromatic carbocycles.